The van der Waals surface area contributed by atoms with E-state index in [0.717, 1.165) is 5.56 Å². The molecule has 0 aliphatic heterocycles. The SMILES string of the molecule is Cc1cc(S(=O)(=O)NCCn2nc(-c3ccccc3)ccc2=O)c(C)cc1Cl. The Morgan fingerprint density at radius 3 is 2.46 bits per heavy atom. The van der Waals surface area contributed by atoms with Gasteiger partial charge in [-0.2, -0.15) is 5.10 Å². The van der Waals surface area contributed by atoms with Gasteiger partial charge in [0.05, 0.1) is 17.1 Å². The van der Waals surface area contributed by atoms with E-state index in [4.69, 9.17) is 11.6 Å². The number of nitrogens with zero attached hydrogens (tertiary/aromatic N) is 2. The van der Waals surface area contributed by atoms with E-state index in [1.54, 1.807) is 32.0 Å². The molecule has 3 aromatic rings. The van der Waals surface area contributed by atoms with Crippen LogP contribution < -0.4 is 10.3 Å². The number of rotatable bonds is 6. The second-order valence-corrected chi connectivity index (χ2v) is 8.55. The molecule has 1 heterocycles. The molecule has 146 valence electrons. The Morgan fingerprint density at radius 1 is 1.04 bits per heavy atom. The highest BCUT2D eigenvalue weighted by Gasteiger charge is 2.18. The summed E-state index contributed by atoms with van der Waals surface area (Å²) in [7, 11) is -3.73. The fourth-order valence-electron chi connectivity index (χ4n) is 2.78. The highest BCUT2D eigenvalue weighted by molar-refractivity contribution is 7.89. The van der Waals surface area contributed by atoms with Crippen LogP contribution in [0.3, 0.4) is 0 Å². The summed E-state index contributed by atoms with van der Waals surface area (Å²) < 4.78 is 29.0. The predicted molar refractivity (Wildman–Crippen MR) is 110 cm³/mol. The number of hydrogen-bond acceptors (Lipinski definition) is 4. The van der Waals surface area contributed by atoms with E-state index < -0.39 is 10.0 Å². The predicted octanol–water partition coefficient (Wildman–Crippen LogP) is 3.16. The number of benzene rings is 2. The summed E-state index contributed by atoms with van der Waals surface area (Å²) in [6, 6.07) is 15.7. The van der Waals surface area contributed by atoms with Crippen LogP contribution in [0.4, 0.5) is 0 Å². The molecule has 0 saturated heterocycles. The Bertz CT molecular complexity index is 1160. The Labute approximate surface area is 168 Å². The Morgan fingerprint density at radius 2 is 1.75 bits per heavy atom. The molecule has 0 unspecified atom stereocenters. The lowest BCUT2D eigenvalue weighted by Crippen LogP contribution is -2.32. The largest absolute Gasteiger partial charge is 0.268 e. The standard InChI is InChI=1S/C20H20ClN3O3S/c1-14-13-19(15(2)12-17(14)21)28(26,27)22-10-11-24-20(25)9-8-18(23-24)16-6-4-3-5-7-16/h3-9,12-13,22H,10-11H2,1-2H3. The lowest BCUT2D eigenvalue weighted by Gasteiger charge is -2.12. The Balaban J connectivity index is 1.76. The van der Waals surface area contributed by atoms with E-state index in [1.165, 1.54) is 10.7 Å². The first kappa shape index (κ1) is 20.3. The molecule has 28 heavy (non-hydrogen) atoms. The van der Waals surface area contributed by atoms with Crippen molar-refractivity contribution in [3.8, 4) is 11.3 Å². The van der Waals surface area contributed by atoms with Crippen molar-refractivity contribution < 1.29 is 8.42 Å². The summed E-state index contributed by atoms with van der Waals surface area (Å²) in [4.78, 5) is 12.2. The van der Waals surface area contributed by atoms with Crippen LogP contribution in [0.5, 0.6) is 0 Å². The zero-order valence-corrected chi connectivity index (χ0v) is 17.1. The lowest BCUT2D eigenvalue weighted by molar-refractivity contribution is 0.548. The van der Waals surface area contributed by atoms with Crippen molar-refractivity contribution in [3.63, 3.8) is 0 Å². The lowest BCUT2D eigenvalue weighted by atomic mass is 10.1. The topological polar surface area (TPSA) is 81.1 Å². The molecule has 0 amide bonds. The minimum absolute atomic E-state index is 0.0363. The van der Waals surface area contributed by atoms with Gasteiger partial charge in [0.25, 0.3) is 5.56 Å². The number of aryl methyl sites for hydroxylation is 2. The zero-order chi connectivity index (χ0) is 20.3. The quantitative estimate of drug-likeness (QED) is 0.668. The van der Waals surface area contributed by atoms with Crippen LogP contribution in [0, 0.1) is 13.8 Å². The van der Waals surface area contributed by atoms with Crippen molar-refractivity contribution in [1.29, 1.82) is 0 Å². The minimum atomic E-state index is -3.73. The van der Waals surface area contributed by atoms with E-state index in [9.17, 15) is 13.2 Å². The normalized spacial score (nSPS) is 11.5. The van der Waals surface area contributed by atoms with Gasteiger partial charge in [0, 0.05) is 23.2 Å². The molecule has 3 rings (SSSR count). The van der Waals surface area contributed by atoms with Crippen LogP contribution >= 0.6 is 11.6 Å². The van der Waals surface area contributed by atoms with Gasteiger partial charge in [0.15, 0.2) is 0 Å². The number of halogens is 1. The van der Waals surface area contributed by atoms with Gasteiger partial charge in [-0.05, 0) is 43.2 Å². The fraction of sp³-hybridized carbons (Fsp3) is 0.200. The first-order chi connectivity index (χ1) is 13.3. The van der Waals surface area contributed by atoms with Crippen molar-refractivity contribution in [2.24, 2.45) is 0 Å². The maximum Gasteiger partial charge on any atom is 0.266 e. The molecule has 0 saturated carbocycles. The van der Waals surface area contributed by atoms with Gasteiger partial charge >= 0.3 is 0 Å². The third-order valence-corrected chi connectivity index (χ3v) is 6.31. The van der Waals surface area contributed by atoms with Gasteiger partial charge in [-0.3, -0.25) is 4.79 Å². The molecular weight excluding hydrogens is 398 g/mol. The number of nitrogens with one attached hydrogen (secondary N) is 1. The van der Waals surface area contributed by atoms with E-state index in [2.05, 4.69) is 9.82 Å². The molecule has 2 aromatic carbocycles. The van der Waals surface area contributed by atoms with Gasteiger partial charge in [-0.15, -0.1) is 0 Å². The fourth-order valence-corrected chi connectivity index (χ4v) is 4.33. The van der Waals surface area contributed by atoms with Gasteiger partial charge in [0.2, 0.25) is 10.0 Å². The van der Waals surface area contributed by atoms with Crippen LogP contribution in [0.2, 0.25) is 5.02 Å². The van der Waals surface area contributed by atoms with Crippen LogP contribution in [0.15, 0.2) is 64.3 Å². The second kappa shape index (κ2) is 8.26. The molecule has 0 atom stereocenters. The van der Waals surface area contributed by atoms with Crippen LogP contribution in [-0.4, -0.2) is 24.7 Å². The molecule has 0 fully saturated rings. The molecule has 6 nitrogen and oxygen atoms in total. The average molecular weight is 418 g/mol. The Hall–Kier alpha value is -2.48. The summed E-state index contributed by atoms with van der Waals surface area (Å²) in [6.45, 7) is 3.59. The molecule has 0 radical (unpaired) electrons. The first-order valence-electron chi connectivity index (χ1n) is 8.68. The summed E-state index contributed by atoms with van der Waals surface area (Å²) in [6.07, 6.45) is 0. The van der Waals surface area contributed by atoms with E-state index in [0.29, 0.717) is 21.8 Å². The molecular formula is C20H20ClN3O3S. The molecule has 0 spiro atoms. The van der Waals surface area contributed by atoms with Crippen LogP contribution in [0.25, 0.3) is 11.3 Å². The maximum absolute atomic E-state index is 12.6. The van der Waals surface area contributed by atoms with E-state index in [-0.39, 0.29) is 23.5 Å². The maximum atomic E-state index is 12.6. The first-order valence-corrected chi connectivity index (χ1v) is 10.5. The zero-order valence-electron chi connectivity index (χ0n) is 15.5. The highest BCUT2D eigenvalue weighted by atomic mass is 35.5. The molecule has 1 N–H and O–H groups in total. The number of sulfonamides is 1. The summed E-state index contributed by atoms with van der Waals surface area (Å²) in [5.74, 6) is 0. The van der Waals surface area contributed by atoms with Crippen LogP contribution in [-0.2, 0) is 16.6 Å². The summed E-state index contributed by atoms with van der Waals surface area (Å²) in [5, 5.41) is 4.85. The minimum Gasteiger partial charge on any atom is -0.268 e. The van der Waals surface area contributed by atoms with E-state index in [1.807, 2.05) is 30.3 Å². The monoisotopic (exact) mass is 417 g/mol. The van der Waals surface area contributed by atoms with Crippen molar-refractivity contribution in [1.82, 2.24) is 14.5 Å². The second-order valence-electron chi connectivity index (χ2n) is 6.41. The average Bonchev–Trinajstić information content (AvgIpc) is 2.66. The summed E-state index contributed by atoms with van der Waals surface area (Å²) >= 11 is 6.04. The van der Waals surface area contributed by atoms with Gasteiger partial charge in [-0.1, -0.05) is 41.9 Å². The van der Waals surface area contributed by atoms with Gasteiger partial charge < -0.3 is 0 Å². The van der Waals surface area contributed by atoms with Gasteiger partial charge in [0.1, 0.15) is 0 Å². The summed E-state index contributed by atoms with van der Waals surface area (Å²) in [5.41, 5.74) is 2.47. The molecule has 0 aliphatic rings. The van der Waals surface area contributed by atoms with Crippen LogP contribution in [0.1, 0.15) is 11.1 Å². The molecule has 0 bridgehead atoms. The van der Waals surface area contributed by atoms with Crippen molar-refractivity contribution >= 4 is 21.6 Å². The van der Waals surface area contributed by atoms with Crippen molar-refractivity contribution in [3.05, 3.63) is 81.1 Å². The molecule has 0 aliphatic carbocycles. The van der Waals surface area contributed by atoms with Crippen molar-refractivity contribution in [2.45, 2.75) is 25.3 Å². The highest BCUT2D eigenvalue weighted by Crippen LogP contribution is 2.23. The molecule has 8 heteroatoms. The third-order valence-electron chi connectivity index (χ3n) is 4.30. The number of aromatic nitrogens is 2. The molecule has 1 aromatic heterocycles. The van der Waals surface area contributed by atoms with Crippen molar-refractivity contribution in [2.75, 3.05) is 6.54 Å². The van der Waals surface area contributed by atoms with Gasteiger partial charge in [-0.25, -0.2) is 17.8 Å². The Kier molecular flexibility index (Phi) is 5.98. The number of hydrogen-bond donors (Lipinski definition) is 1. The smallest absolute Gasteiger partial charge is 0.266 e. The third kappa shape index (κ3) is 4.49. The van der Waals surface area contributed by atoms with E-state index >= 15 is 0 Å².